The first-order valence-electron chi connectivity index (χ1n) is 3.88. The van der Waals surface area contributed by atoms with Crippen molar-refractivity contribution < 1.29 is 8.78 Å². The number of hydrogen-bond acceptors (Lipinski definition) is 2. The molecular formula is C8H9Cl2F2NS. The van der Waals surface area contributed by atoms with Gasteiger partial charge in [-0.05, 0) is 6.92 Å². The second-order valence-electron chi connectivity index (χ2n) is 3.47. The maximum Gasteiger partial charge on any atom is 0.260 e. The molecule has 1 unspecified atom stereocenters. The van der Waals surface area contributed by atoms with Crippen LogP contribution >= 0.6 is 35.3 Å². The summed E-state index contributed by atoms with van der Waals surface area (Å²) in [5.41, 5.74) is -0.550. The predicted octanol–water partition coefficient (Wildman–Crippen LogP) is 3.60. The molecule has 1 atom stereocenters. The lowest BCUT2D eigenvalue weighted by molar-refractivity contribution is 0.0912. The second-order valence-corrected chi connectivity index (χ2v) is 4.68. The smallest absolute Gasteiger partial charge is 0.244 e. The average Bonchev–Trinajstić information content (AvgIpc) is 2.53. The van der Waals surface area contributed by atoms with Crippen molar-refractivity contribution in [3.05, 3.63) is 16.1 Å². The summed E-state index contributed by atoms with van der Waals surface area (Å²) in [6.45, 7) is 1.54. The lowest BCUT2D eigenvalue weighted by Crippen LogP contribution is -2.11. The van der Waals surface area contributed by atoms with Gasteiger partial charge >= 0.3 is 0 Å². The molecular weight excluding hydrogens is 251 g/mol. The topological polar surface area (TPSA) is 12.9 Å². The van der Waals surface area contributed by atoms with Gasteiger partial charge in [0, 0.05) is 11.8 Å². The van der Waals surface area contributed by atoms with E-state index >= 15 is 0 Å². The molecule has 1 nitrogen and oxygen atoms in total. The van der Waals surface area contributed by atoms with Crippen molar-refractivity contribution in [3.8, 4) is 0 Å². The molecule has 1 aliphatic carbocycles. The minimum atomic E-state index is -2.58. The molecule has 0 spiro atoms. The Labute approximate surface area is 95.9 Å². The van der Waals surface area contributed by atoms with Crippen molar-refractivity contribution in [3.63, 3.8) is 0 Å². The van der Waals surface area contributed by atoms with Crippen molar-refractivity contribution in [2.45, 2.75) is 30.6 Å². The number of rotatable bonds is 2. The van der Waals surface area contributed by atoms with E-state index in [2.05, 4.69) is 4.98 Å². The molecule has 0 amide bonds. The fourth-order valence-electron chi connectivity index (χ4n) is 1.30. The number of thiazole rings is 1. The van der Waals surface area contributed by atoms with Gasteiger partial charge in [0.1, 0.15) is 5.01 Å². The Morgan fingerprint density at radius 3 is 2.57 bits per heavy atom. The highest BCUT2D eigenvalue weighted by atomic mass is 35.5. The van der Waals surface area contributed by atoms with Crippen LogP contribution in [-0.4, -0.2) is 10.9 Å². The SMILES string of the molecule is CC1(c2csc(CCl)n2)CC1(F)F.Cl. The normalized spacial score (nSPS) is 28.3. The number of aromatic nitrogens is 1. The largest absolute Gasteiger partial charge is 0.260 e. The number of halogens is 4. The monoisotopic (exact) mass is 259 g/mol. The molecule has 0 aliphatic heterocycles. The van der Waals surface area contributed by atoms with E-state index in [0.29, 0.717) is 16.6 Å². The quantitative estimate of drug-likeness (QED) is 0.740. The molecule has 0 N–H and O–H groups in total. The van der Waals surface area contributed by atoms with Crippen LogP contribution in [0.3, 0.4) is 0 Å². The van der Waals surface area contributed by atoms with Crippen LogP contribution in [0, 0.1) is 0 Å². The highest BCUT2D eigenvalue weighted by molar-refractivity contribution is 7.09. The van der Waals surface area contributed by atoms with Crippen LogP contribution in [-0.2, 0) is 11.3 Å². The molecule has 1 fully saturated rings. The lowest BCUT2D eigenvalue weighted by atomic mass is 10.1. The van der Waals surface area contributed by atoms with Crippen LogP contribution in [0.25, 0.3) is 0 Å². The third kappa shape index (κ3) is 1.64. The number of nitrogens with zero attached hydrogens (tertiary/aromatic N) is 1. The summed E-state index contributed by atoms with van der Waals surface area (Å²) in [5, 5.41) is 2.39. The van der Waals surface area contributed by atoms with Crippen LogP contribution in [0.4, 0.5) is 8.78 Å². The summed E-state index contributed by atoms with van der Waals surface area (Å²) in [4.78, 5) is 4.06. The zero-order valence-corrected chi connectivity index (χ0v) is 9.78. The summed E-state index contributed by atoms with van der Waals surface area (Å²) in [5.74, 6) is -2.28. The number of hydrogen-bond donors (Lipinski definition) is 0. The number of alkyl halides is 3. The summed E-state index contributed by atoms with van der Waals surface area (Å²) in [7, 11) is 0. The van der Waals surface area contributed by atoms with Gasteiger partial charge in [0.05, 0.1) is 17.0 Å². The maximum absolute atomic E-state index is 12.9. The van der Waals surface area contributed by atoms with Gasteiger partial charge in [-0.25, -0.2) is 13.8 Å². The van der Waals surface area contributed by atoms with Gasteiger partial charge < -0.3 is 0 Å². The predicted molar refractivity (Wildman–Crippen MR) is 55.8 cm³/mol. The van der Waals surface area contributed by atoms with E-state index in [-0.39, 0.29) is 18.8 Å². The molecule has 0 bridgehead atoms. The van der Waals surface area contributed by atoms with E-state index in [1.807, 2.05) is 0 Å². The average molecular weight is 260 g/mol. The first kappa shape index (κ1) is 12.1. The van der Waals surface area contributed by atoms with Crippen molar-refractivity contribution >= 4 is 35.3 Å². The van der Waals surface area contributed by atoms with E-state index in [9.17, 15) is 8.78 Å². The zero-order chi connectivity index (χ0) is 9.69. The zero-order valence-electron chi connectivity index (χ0n) is 7.39. The summed E-state index contributed by atoms with van der Waals surface area (Å²) < 4.78 is 25.8. The van der Waals surface area contributed by atoms with E-state index in [4.69, 9.17) is 11.6 Å². The molecule has 1 aromatic heterocycles. The molecule has 0 radical (unpaired) electrons. The summed E-state index contributed by atoms with van der Waals surface area (Å²) in [6, 6.07) is 0. The van der Waals surface area contributed by atoms with E-state index in [0.717, 1.165) is 0 Å². The molecule has 14 heavy (non-hydrogen) atoms. The Balaban J connectivity index is 0.000000980. The van der Waals surface area contributed by atoms with Crippen LogP contribution < -0.4 is 0 Å². The minimum absolute atomic E-state index is 0. The van der Waals surface area contributed by atoms with E-state index < -0.39 is 11.3 Å². The van der Waals surface area contributed by atoms with Crippen LogP contribution in [0.1, 0.15) is 24.0 Å². The molecule has 1 saturated carbocycles. The Hall–Kier alpha value is 0.0700. The van der Waals surface area contributed by atoms with E-state index in [1.165, 1.54) is 11.3 Å². The van der Waals surface area contributed by atoms with Crippen LogP contribution in [0.5, 0.6) is 0 Å². The van der Waals surface area contributed by atoms with Gasteiger partial charge in [-0.15, -0.1) is 35.3 Å². The fraction of sp³-hybridized carbons (Fsp3) is 0.625. The van der Waals surface area contributed by atoms with Gasteiger partial charge in [0.25, 0.3) is 5.92 Å². The molecule has 0 aromatic carbocycles. The molecule has 1 heterocycles. The molecule has 1 aliphatic rings. The van der Waals surface area contributed by atoms with Crippen molar-refractivity contribution in [1.29, 1.82) is 0 Å². The van der Waals surface area contributed by atoms with Crippen LogP contribution in [0.2, 0.25) is 0 Å². The molecule has 6 heteroatoms. The summed E-state index contributed by atoms with van der Waals surface area (Å²) in [6.07, 6.45) is -0.0918. The van der Waals surface area contributed by atoms with Crippen molar-refractivity contribution in [1.82, 2.24) is 4.98 Å². The molecule has 0 saturated heterocycles. The summed E-state index contributed by atoms with van der Waals surface area (Å²) >= 11 is 6.88. The van der Waals surface area contributed by atoms with Gasteiger partial charge in [-0.3, -0.25) is 0 Å². The first-order valence-corrected chi connectivity index (χ1v) is 5.30. The van der Waals surface area contributed by atoms with Crippen molar-refractivity contribution in [2.24, 2.45) is 0 Å². The fourth-order valence-corrected chi connectivity index (χ4v) is 2.33. The van der Waals surface area contributed by atoms with Gasteiger partial charge in [0.2, 0.25) is 0 Å². The Bertz CT molecular complexity index is 342. The van der Waals surface area contributed by atoms with Gasteiger partial charge in [-0.2, -0.15) is 0 Å². The standard InChI is InChI=1S/C8H8ClF2NS.ClH/c1-7(4-8(7,10)11)5-3-13-6(2-9)12-5;/h3H,2,4H2,1H3;1H. The highest BCUT2D eigenvalue weighted by Gasteiger charge is 2.69. The van der Waals surface area contributed by atoms with Gasteiger partial charge in [-0.1, -0.05) is 0 Å². The first-order chi connectivity index (χ1) is 5.99. The highest BCUT2D eigenvalue weighted by Crippen LogP contribution is 2.61. The Morgan fingerprint density at radius 1 is 1.64 bits per heavy atom. The van der Waals surface area contributed by atoms with Gasteiger partial charge in [0.15, 0.2) is 0 Å². The third-order valence-electron chi connectivity index (χ3n) is 2.49. The Kier molecular flexibility index (Phi) is 3.10. The molecule has 80 valence electrons. The Morgan fingerprint density at radius 2 is 2.21 bits per heavy atom. The maximum atomic E-state index is 12.9. The van der Waals surface area contributed by atoms with Crippen LogP contribution in [0.15, 0.2) is 5.38 Å². The lowest BCUT2D eigenvalue weighted by Gasteiger charge is -2.04. The van der Waals surface area contributed by atoms with Crippen molar-refractivity contribution in [2.75, 3.05) is 0 Å². The molecule has 1 aromatic rings. The third-order valence-corrected chi connectivity index (χ3v) is 3.75. The second kappa shape index (κ2) is 3.58. The minimum Gasteiger partial charge on any atom is -0.244 e. The van der Waals surface area contributed by atoms with E-state index in [1.54, 1.807) is 12.3 Å². The molecule has 2 rings (SSSR count).